The van der Waals surface area contributed by atoms with Gasteiger partial charge in [-0.05, 0) is 55.5 Å². The third-order valence-electron chi connectivity index (χ3n) is 4.47. The van der Waals surface area contributed by atoms with Gasteiger partial charge in [0.1, 0.15) is 5.75 Å². The van der Waals surface area contributed by atoms with Crippen LogP contribution in [0.3, 0.4) is 0 Å². The molecule has 0 saturated heterocycles. The lowest BCUT2D eigenvalue weighted by Gasteiger charge is -2.10. The van der Waals surface area contributed by atoms with Crippen LogP contribution in [0.1, 0.15) is 17.3 Å². The molecule has 156 valence electrons. The highest BCUT2D eigenvalue weighted by molar-refractivity contribution is 5.91. The van der Waals surface area contributed by atoms with E-state index < -0.39 is 0 Å². The number of hydrogen-bond donors (Lipinski definition) is 2. The molecule has 0 aliphatic heterocycles. The number of esters is 1. The zero-order valence-corrected chi connectivity index (χ0v) is 17.0. The molecular formula is C22H20N6O3. The summed E-state index contributed by atoms with van der Waals surface area (Å²) >= 11 is 0. The molecule has 0 unspecified atom stereocenters. The highest BCUT2D eigenvalue weighted by Crippen LogP contribution is 2.26. The third-order valence-corrected chi connectivity index (χ3v) is 4.47. The van der Waals surface area contributed by atoms with Gasteiger partial charge in [0.2, 0.25) is 5.95 Å². The Balaban J connectivity index is 1.68. The second-order valence-corrected chi connectivity index (χ2v) is 6.51. The van der Waals surface area contributed by atoms with E-state index in [1.54, 1.807) is 44.5 Å². The van der Waals surface area contributed by atoms with Gasteiger partial charge in [0.15, 0.2) is 17.0 Å². The number of nitrogens with one attached hydrogen (secondary N) is 1. The van der Waals surface area contributed by atoms with Crippen LogP contribution in [0.4, 0.5) is 17.5 Å². The minimum Gasteiger partial charge on any atom is -0.497 e. The number of hydrogen-bond acceptors (Lipinski definition) is 9. The number of methoxy groups -OCH3 is 1. The van der Waals surface area contributed by atoms with Crippen molar-refractivity contribution >= 4 is 34.6 Å². The third kappa shape index (κ3) is 4.35. The highest BCUT2D eigenvalue weighted by atomic mass is 16.5. The van der Waals surface area contributed by atoms with Crippen molar-refractivity contribution in [1.29, 1.82) is 0 Å². The van der Waals surface area contributed by atoms with Gasteiger partial charge in [0, 0.05) is 11.3 Å². The molecule has 2 aromatic carbocycles. The number of fused-ring (bicyclic) bond motifs is 1. The van der Waals surface area contributed by atoms with Gasteiger partial charge < -0.3 is 20.5 Å². The lowest BCUT2D eigenvalue weighted by atomic mass is 10.1. The van der Waals surface area contributed by atoms with Crippen LogP contribution in [0.25, 0.3) is 22.4 Å². The van der Waals surface area contributed by atoms with Gasteiger partial charge >= 0.3 is 5.97 Å². The SMILES string of the molecule is CCOC(=O)c1ccc(Nc2nc(N)nc3ncc(-c4ccc(OC)cc4)nc23)cc1. The van der Waals surface area contributed by atoms with Crippen LogP contribution in [-0.2, 0) is 4.74 Å². The standard InChI is InChI=1S/C22H20N6O3/c1-3-31-21(29)14-4-8-15(9-5-14)25-20-18-19(27-22(23)28-20)24-12-17(26-18)13-6-10-16(30-2)11-7-13/h4-12H,3H2,1-2H3,(H3,23,24,25,27,28). The van der Waals surface area contributed by atoms with Crippen molar-refractivity contribution in [3.63, 3.8) is 0 Å². The summed E-state index contributed by atoms with van der Waals surface area (Å²) in [5.74, 6) is 0.863. The lowest BCUT2D eigenvalue weighted by molar-refractivity contribution is 0.0526. The maximum atomic E-state index is 11.8. The maximum absolute atomic E-state index is 11.8. The zero-order valence-electron chi connectivity index (χ0n) is 17.0. The predicted octanol–water partition coefficient (Wildman–Crippen LogP) is 3.60. The van der Waals surface area contributed by atoms with Gasteiger partial charge in [-0.25, -0.2) is 14.8 Å². The van der Waals surface area contributed by atoms with E-state index in [1.165, 1.54) is 0 Å². The number of anilines is 3. The number of carbonyl (C=O) groups excluding carboxylic acids is 1. The van der Waals surface area contributed by atoms with Crippen LogP contribution in [0.5, 0.6) is 5.75 Å². The van der Waals surface area contributed by atoms with Crippen LogP contribution in [0.2, 0.25) is 0 Å². The van der Waals surface area contributed by atoms with Gasteiger partial charge in [-0.1, -0.05) is 0 Å². The van der Waals surface area contributed by atoms with E-state index in [0.717, 1.165) is 11.3 Å². The largest absolute Gasteiger partial charge is 0.497 e. The first-order valence-corrected chi connectivity index (χ1v) is 9.56. The van der Waals surface area contributed by atoms with Gasteiger partial charge in [0.05, 0.1) is 31.2 Å². The fourth-order valence-corrected chi connectivity index (χ4v) is 2.95. The molecule has 4 aromatic rings. The summed E-state index contributed by atoms with van der Waals surface area (Å²) in [4.78, 5) is 29.4. The summed E-state index contributed by atoms with van der Waals surface area (Å²) in [5, 5.41) is 3.18. The normalized spacial score (nSPS) is 10.6. The lowest BCUT2D eigenvalue weighted by Crippen LogP contribution is -2.06. The molecule has 4 rings (SSSR count). The Labute approximate surface area is 178 Å². The van der Waals surface area contributed by atoms with E-state index >= 15 is 0 Å². The van der Waals surface area contributed by atoms with E-state index in [1.807, 2.05) is 24.3 Å². The minimum atomic E-state index is -0.374. The summed E-state index contributed by atoms with van der Waals surface area (Å²) in [5.41, 5.74) is 9.38. The Hall–Kier alpha value is -4.27. The molecule has 0 amide bonds. The highest BCUT2D eigenvalue weighted by Gasteiger charge is 2.13. The Morgan fingerprint density at radius 1 is 1.03 bits per heavy atom. The first-order chi connectivity index (χ1) is 15.1. The number of rotatable bonds is 6. The van der Waals surface area contributed by atoms with E-state index in [9.17, 15) is 4.79 Å². The van der Waals surface area contributed by atoms with Gasteiger partial charge in [0.25, 0.3) is 0 Å². The van der Waals surface area contributed by atoms with E-state index in [4.69, 9.17) is 15.2 Å². The Morgan fingerprint density at radius 3 is 2.45 bits per heavy atom. The van der Waals surface area contributed by atoms with Crippen molar-refractivity contribution in [3.05, 3.63) is 60.3 Å². The zero-order chi connectivity index (χ0) is 21.8. The van der Waals surface area contributed by atoms with E-state index in [2.05, 4.69) is 25.3 Å². The van der Waals surface area contributed by atoms with Gasteiger partial charge in [-0.3, -0.25) is 0 Å². The number of benzene rings is 2. The molecule has 31 heavy (non-hydrogen) atoms. The van der Waals surface area contributed by atoms with Crippen LogP contribution in [0.15, 0.2) is 54.7 Å². The molecule has 0 saturated carbocycles. The van der Waals surface area contributed by atoms with E-state index in [0.29, 0.717) is 40.5 Å². The summed E-state index contributed by atoms with van der Waals surface area (Å²) in [6.45, 7) is 2.08. The van der Waals surface area contributed by atoms with Crippen molar-refractivity contribution in [2.45, 2.75) is 6.92 Å². The molecule has 2 aromatic heterocycles. The fourth-order valence-electron chi connectivity index (χ4n) is 2.95. The van der Waals surface area contributed by atoms with Gasteiger partial charge in [-0.2, -0.15) is 9.97 Å². The number of nitrogens with two attached hydrogens (primary N) is 1. The average Bonchev–Trinajstić information content (AvgIpc) is 2.79. The minimum absolute atomic E-state index is 0.0737. The Kier molecular flexibility index (Phi) is 5.57. The second kappa shape index (κ2) is 8.62. The number of nitrogens with zero attached hydrogens (tertiary/aromatic N) is 4. The summed E-state index contributed by atoms with van der Waals surface area (Å²) < 4.78 is 10.2. The number of carbonyl (C=O) groups is 1. The monoisotopic (exact) mass is 416 g/mol. The van der Waals surface area contributed by atoms with Crippen LogP contribution in [-0.4, -0.2) is 39.6 Å². The first-order valence-electron chi connectivity index (χ1n) is 9.56. The van der Waals surface area contributed by atoms with Crippen molar-refractivity contribution in [3.8, 4) is 17.0 Å². The molecule has 2 heterocycles. The number of aromatic nitrogens is 4. The molecule has 0 atom stereocenters. The molecule has 0 spiro atoms. The molecule has 0 radical (unpaired) electrons. The molecule has 9 heteroatoms. The first kappa shape index (κ1) is 20.0. The average molecular weight is 416 g/mol. The summed E-state index contributed by atoms with van der Waals surface area (Å²) in [6.07, 6.45) is 1.63. The van der Waals surface area contributed by atoms with Crippen LogP contribution >= 0.6 is 0 Å². The molecule has 0 aliphatic carbocycles. The second-order valence-electron chi connectivity index (χ2n) is 6.51. The van der Waals surface area contributed by atoms with Crippen molar-refractivity contribution in [2.75, 3.05) is 24.8 Å². The maximum Gasteiger partial charge on any atom is 0.338 e. The quantitative estimate of drug-likeness (QED) is 0.453. The van der Waals surface area contributed by atoms with Gasteiger partial charge in [-0.15, -0.1) is 0 Å². The molecule has 0 bridgehead atoms. The summed E-state index contributed by atoms with van der Waals surface area (Å²) in [6, 6.07) is 14.3. The summed E-state index contributed by atoms with van der Waals surface area (Å²) in [7, 11) is 1.61. The number of ether oxygens (including phenoxy) is 2. The van der Waals surface area contributed by atoms with Crippen molar-refractivity contribution in [2.24, 2.45) is 0 Å². The van der Waals surface area contributed by atoms with E-state index in [-0.39, 0.29) is 11.9 Å². The van der Waals surface area contributed by atoms with Crippen molar-refractivity contribution in [1.82, 2.24) is 19.9 Å². The molecule has 3 N–H and O–H groups in total. The Morgan fingerprint density at radius 2 is 1.77 bits per heavy atom. The predicted molar refractivity (Wildman–Crippen MR) is 117 cm³/mol. The van der Waals surface area contributed by atoms with Crippen molar-refractivity contribution < 1.29 is 14.3 Å². The van der Waals surface area contributed by atoms with Crippen LogP contribution in [0, 0.1) is 0 Å². The molecule has 9 nitrogen and oxygen atoms in total. The topological polar surface area (TPSA) is 125 Å². The van der Waals surface area contributed by atoms with Crippen LogP contribution < -0.4 is 15.8 Å². The number of nitrogen functional groups attached to an aromatic ring is 1. The fraction of sp³-hybridized carbons (Fsp3) is 0.136. The smallest absolute Gasteiger partial charge is 0.338 e. The molecular weight excluding hydrogens is 396 g/mol. The Bertz CT molecular complexity index is 1230. The molecule has 0 fully saturated rings. The molecule has 0 aliphatic rings.